The fraction of sp³-hybridized carbons (Fsp3) is 0.100. The van der Waals surface area contributed by atoms with Crippen molar-refractivity contribution in [3.63, 3.8) is 0 Å². The molecule has 0 saturated heterocycles. The van der Waals surface area contributed by atoms with Crippen LogP contribution in [0.15, 0.2) is 53.1 Å². The standard InChI is InChI=1S/C20H14FN2O/c1-12-15(16-5-3-4-8-23(16)2)10-18-19(20(12)21)14-7-6-13(11-22)9-17(14)24-18/h3-10H,1-2H3/q+1. The van der Waals surface area contributed by atoms with Gasteiger partial charge in [0, 0.05) is 17.5 Å². The van der Waals surface area contributed by atoms with E-state index in [-0.39, 0.29) is 5.82 Å². The van der Waals surface area contributed by atoms with Crippen LogP contribution in [0.2, 0.25) is 0 Å². The zero-order valence-electron chi connectivity index (χ0n) is 13.3. The molecule has 0 N–H and O–H groups in total. The van der Waals surface area contributed by atoms with Crippen LogP contribution in [0.1, 0.15) is 11.1 Å². The Hall–Kier alpha value is -3.19. The molecule has 0 aliphatic rings. The van der Waals surface area contributed by atoms with Gasteiger partial charge in [-0.25, -0.2) is 8.96 Å². The molecule has 0 radical (unpaired) electrons. The third-order valence-electron chi connectivity index (χ3n) is 4.41. The zero-order valence-corrected chi connectivity index (χ0v) is 13.3. The SMILES string of the molecule is Cc1c(-c2cccc[n+]2C)cc2oc3cc(C#N)ccc3c2c1F. The highest BCUT2D eigenvalue weighted by Gasteiger charge is 2.21. The van der Waals surface area contributed by atoms with E-state index >= 15 is 4.39 Å². The van der Waals surface area contributed by atoms with Crippen LogP contribution >= 0.6 is 0 Å². The normalized spacial score (nSPS) is 11.1. The van der Waals surface area contributed by atoms with Gasteiger partial charge in [-0.05, 0) is 42.8 Å². The van der Waals surface area contributed by atoms with E-state index in [9.17, 15) is 0 Å². The predicted molar refractivity (Wildman–Crippen MR) is 89.7 cm³/mol. The number of nitrogens with zero attached hydrogens (tertiary/aromatic N) is 2. The molecule has 4 rings (SSSR count). The molecule has 0 aliphatic carbocycles. The van der Waals surface area contributed by atoms with Crippen molar-refractivity contribution in [1.82, 2.24) is 0 Å². The lowest BCUT2D eigenvalue weighted by Crippen LogP contribution is -2.30. The number of fused-ring (bicyclic) bond motifs is 3. The maximum Gasteiger partial charge on any atom is 0.212 e. The van der Waals surface area contributed by atoms with Crippen molar-refractivity contribution < 1.29 is 13.4 Å². The number of aromatic nitrogens is 1. The second kappa shape index (κ2) is 5.17. The number of halogens is 1. The van der Waals surface area contributed by atoms with Crippen molar-refractivity contribution >= 4 is 21.9 Å². The predicted octanol–water partition coefficient (Wildman–Crippen LogP) is 4.40. The van der Waals surface area contributed by atoms with Gasteiger partial charge in [-0.15, -0.1) is 0 Å². The summed E-state index contributed by atoms with van der Waals surface area (Å²) in [5.41, 5.74) is 3.79. The lowest BCUT2D eigenvalue weighted by Gasteiger charge is -2.06. The second-order valence-corrected chi connectivity index (χ2v) is 5.86. The Kier molecular flexibility index (Phi) is 3.10. The van der Waals surface area contributed by atoms with Crippen molar-refractivity contribution in [3.05, 3.63) is 65.6 Å². The smallest absolute Gasteiger partial charge is 0.212 e. The lowest BCUT2D eigenvalue weighted by atomic mass is 10.00. The molecule has 4 heteroatoms. The summed E-state index contributed by atoms with van der Waals surface area (Å²) in [5, 5.41) is 10.2. The molecule has 0 saturated carbocycles. The third-order valence-corrected chi connectivity index (χ3v) is 4.41. The Balaban J connectivity index is 2.09. The zero-order chi connectivity index (χ0) is 16.8. The van der Waals surface area contributed by atoms with E-state index in [4.69, 9.17) is 9.68 Å². The third kappa shape index (κ3) is 1.99. The maximum atomic E-state index is 15.1. The first kappa shape index (κ1) is 14.4. The average molecular weight is 317 g/mol. The highest BCUT2D eigenvalue weighted by Crippen LogP contribution is 2.36. The molecule has 4 aromatic rings. The van der Waals surface area contributed by atoms with Crippen molar-refractivity contribution in [3.8, 4) is 17.3 Å². The molecular formula is C20H14FN2O+. The molecule has 0 atom stereocenters. The summed E-state index contributed by atoms with van der Waals surface area (Å²) in [6.45, 7) is 1.78. The van der Waals surface area contributed by atoms with Crippen LogP contribution in [-0.4, -0.2) is 0 Å². The van der Waals surface area contributed by atoms with E-state index < -0.39 is 0 Å². The van der Waals surface area contributed by atoms with E-state index in [0.29, 0.717) is 33.1 Å². The summed E-state index contributed by atoms with van der Waals surface area (Å²) in [6, 6.07) is 14.8. The Morgan fingerprint density at radius 3 is 2.71 bits per heavy atom. The lowest BCUT2D eigenvalue weighted by molar-refractivity contribution is -0.660. The van der Waals surface area contributed by atoms with E-state index in [2.05, 4.69) is 6.07 Å². The monoisotopic (exact) mass is 317 g/mol. The molecule has 3 nitrogen and oxygen atoms in total. The fourth-order valence-corrected chi connectivity index (χ4v) is 3.13. The van der Waals surface area contributed by atoms with Crippen molar-refractivity contribution in [2.24, 2.45) is 7.05 Å². The number of furan rings is 1. The number of nitriles is 1. The van der Waals surface area contributed by atoms with Crippen LogP contribution in [0.5, 0.6) is 0 Å². The minimum Gasteiger partial charge on any atom is -0.456 e. The molecule has 116 valence electrons. The number of hydrogen-bond acceptors (Lipinski definition) is 2. The largest absolute Gasteiger partial charge is 0.456 e. The minimum atomic E-state index is -0.283. The van der Waals surface area contributed by atoms with Gasteiger partial charge < -0.3 is 4.42 Å². The van der Waals surface area contributed by atoms with Crippen LogP contribution in [0, 0.1) is 24.1 Å². The molecule has 0 amide bonds. The minimum absolute atomic E-state index is 0.283. The molecule has 2 aromatic heterocycles. The van der Waals surface area contributed by atoms with Gasteiger partial charge in [-0.1, -0.05) is 0 Å². The molecule has 0 fully saturated rings. The summed E-state index contributed by atoms with van der Waals surface area (Å²) in [7, 11) is 1.93. The van der Waals surface area contributed by atoms with E-state index in [1.807, 2.05) is 42.1 Å². The van der Waals surface area contributed by atoms with Gasteiger partial charge in [-0.3, -0.25) is 0 Å². The highest BCUT2D eigenvalue weighted by molar-refractivity contribution is 6.07. The first-order valence-corrected chi connectivity index (χ1v) is 7.60. The Morgan fingerprint density at radius 1 is 1.12 bits per heavy atom. The van der Waals surface area contributed by atoms with E-state index in [1.54, 1.807) is 25.1 Å². The molecule has 2 heterocycles. The van der Waals surface area contributed by atoms with Gasteiger partial charge in [0.2, 0.25) is 5.69 Å². The molecule has 0 unspecified atom stereocenters. The van der Waals surface area contributed by atoms with Gasteiger partial charge in [0.25, 0.3) is 0 Å². The van der Waals surface area contributed by atoms with Crippen LogP contribution in [0.4, 0.5) is 4.39 Å². The summed E-state index contributed by atoms with van der Waals surface area (Å²) in [5.74, 6) is -0.283. The topological polar surface area (TPSA) is 40.8 Å². The number of hydrogen-bond donors (Lipinski definition) is 0. The van der Waals surface area contributed by atoms with Crippen LogP contribution in [0.3, 0.4) is 0 Å². The van der Waals surface area contributed by atoms with Crippen LogP contribution < -0.4 is 4.57 Å². The first-order valence-electron chi connectivity index (χ1n) is 7.60. The van der Waals surface area contributed by atoms with E-state index in [1.165, 1.54) is 0 Å². The Labute approximate surface area is 138 Å². The highest BCUT2D eigenvalue weighted by atomic mass is 19.1. The fourth-order valence-electron chi connectivity index (χ4n) is 3.13. The second-order valence-electron chi connectivity index (χ2n) is 5.86. The van der Waals surface area contributed by atoms with Gasteiger partial charge >= 0.3 is 0 Å². The summed E-state index contributed by atoms with van der Waals surface area (Å²) >= 11 is 0. The number of pyridine rings is 1. The quantitative estimate of drug-likeness (QED) is 0.488. The van der Waals surface area contributed by atoms with Gasteiger partial charge in [-0.2, -0.15) is 5.26 Å². The molecule has 0 aliphatic heterocycles. The van der Waals surface area contributed by atoms with Crippen molar-refractivity contribution in [2.75, 3.05) is 0 Å². The van der Waals surface area contributed by atoms with Crippen molar-refractivity contribution in [2.45, 2.75) is 6.92 Å². The average Bonchev–Trinajstić information content (AvgIpc) is 2.96. The number of rotatable bonds is 1. The number of aryl methyl sites for hydroxylation is 1. The molecule has 0 bridgehead atoms. The Bertz CT molecular complexity index is 1150. The molecule has 0 spiro atoms. The summed E-state index contributed by atoms with van der Waals surface area (Å²) in [6.07, 6.45) is 1.93. The summed E-state index contributed by atoms with van der Waals surface area (Å²) in [4.78, 5) is 0. The maximum absolute atomic E-state index is 15.1. The van der Waals surface area contributed by atoms with Crippen LogP contribution in [-0.2, 0) is 7.05 Å². The first-order chi connectivity index (χ1) is 11.6. The van der Waals surface area contributed by atoms with Gasteiger partial charge in [0.15, 0.2) is 6.20 Å². The van der Waals surface area contributed by atoms with E-state index in [0.717, 1.165) is 11.3 Å². The summed E-state index contributed by atoms with van der Waals surface area (Å²) < 4.78 is 22.9. The van der Waals surface area contributed by atoms with Gasteiger partial charge in [0.05, 0.1) is 22.6 Å². The molecule has 2 aromatic carbocycles. The Morgan fingerprint density at radius 2 is 1.96 bits per heavy atom. The van der Waals surface area contributed by atoms with Gasteiger partial charge in [0.1, 0.15) is 24.0 Å². The van der Waals surface area contributed by atoms with Crippen molar-refractivity contribution in [1.29, 1.82) is 5.26 Å². The molecular weight excluding hydrogens is 303 g/mol. The molecule has 24 heavy (non-hydrogen) atoms. The van der Waals surface area contributed by atoms with Crippen LogP contribution in [0.25, 0.3) is 33.2 Å². The number of benzene rings is 2.